The van der Waals surface area contributed by atoms with Crippen LogP contribution in [0.15, 0.2) is 0 Å². The van der Waals surface area contributed by atoms with E-state index in [9.17, 15) is 9.59 Å². The van der Waals surface area contributed by atoms with E-state index in [-0.39, 0.29) is 9.73 Å². The second-order valence-corrected chi connectivity index (χ2v) is 6.64. The van der Waals surface area contributed by atoms with E-state index < -0.39 is 26.4 Å². The second kappa shape index (κ2) is 5.48. The monoisotopic (exact) mass is 354 g/mol. The van der Waals surface area contributed by atoms with Gasteiger partial charge in [0, 0.05) is 0 Å². The average Bonchev–Trinajstić information content (AvgIpc) is 3.03. The molecule has 6 nitrogen and oxygen atoms in total. The number of carbonyl (C=O) groups is 2. The molecule has 0 atom stereocenters. The van der Waals surface area contributed by atoms with Crippen LogP contribution in [0.3, 0.4) is 0 Å². The van der Waals surface area contributed by atoms with E-state index in [4.69, 9.17) is 10.5 Å². The number of rotatable bonds is 2. The Bertz CT molecular complexity index is 727. The standard InChI is InChI=1S/C12H6N2O4SSe/c1-17-11(15)9-7-5(3-13)20-6(4-14)8(7)10(19-9)12(16)18-2/h1-2H3. The van der Waals surface area contributed by atoms with Crippen molar-refractivity contribution in [3.05, 3.63) is 20.0 Å². The maximum atomic E-state index is 11.8. The van der Waals surface area contributed by atoms with Crippen LogP contribution in [0.2, 0.25) is 0 Å². The number of methoxy groups -OCH3 is 2. The SMILES string of the molecule is COC(=O)C1=S=C(C(=O)OC)c2c(C#N)[se]c(C#N)c21. The maximum absolute atomic E-state index is 11.8. The molecule has 0 N–H and O–H groups in total. The summed E-state index contributed by atoms with van der Waals surface area (Å²) >= 11 is -0.506. The van der Waals surface area contributed by atoms with Gasteiger partial charge in [0.15, 0.2) is 0 Å². The molecule has 0 aliphatic carbocycles. The molecule has 1 aromatic heterocycles. The van der Waals surface area contributed by atoms with Crippen LogP contribution in [-0.4, -0.2) is 50.4 Å². The van der Waals surface area contributed by atoms with Crippen LogP contribution in [0.1, 0.15) is 20.0 Å². The molecular formula is C12H6N2O4SSe. The van der Waals surface area contributed by atoms with E-state index in [1.807, 2.05) is 12.1 Å². The summed E-state index contributed by atoms with van der Waals surface area (Å²) in [5.74, 6) is -1.27. The van der Waals surface area contributed by atoms with Gasteiger partial charge in [-0.3, -0.25) is 0 Å². The van der Waals surface area contributed by atoms with Gasteiger partial charge < -0.3 is 0 Å². The van der Waals surface area contributed by atoms with Crippen LogP contribution >= 0.6 is 10.9 Å². The van der Waals surface area contributed by atoms with Crippen molar-refractivity contribution in [2.45, 2.75) is 0 Å². The summed E-state index contributed by atoms with van der Waals surface area (Å²) in [6.45, 7) is 0. The number of fused-ring (bicyclic) bond motifs is 1. The number of carbonyl (C=O) groups excluding carboxylic acids is 2. The number of hydrogen-bond acceptors (Lipinski definition) is 6. The molecule has 0 unspecified atom stereocenters. The fraction of sp³-hybridized carbons (Fsp3) is 0.167. The number of nitrogens with zero attached hydrogens (tertiary/aromatic N) is 2. The van der Waals surface area contributed by atoms with Gasteiger partial charge in [0.05, 0.1) is 0 Å². The van der Waals surface area contributed by atoms with Crippen molar-refractivity contribution < 1.29 is 19.1 Å². The van der Waals surface area contributed by atoms with Crippen molar-refractivity contribution in [3.63, 3.8) is 0 Å². The first-order valence-electron chi connectivity index (χ1n) is 5.15. The van der Waals surface area contributed by atoms with Crippen molar-refractivity contribution in [2.24, 2.45) is 0 Å². The summed E-state index contributed by atoms with van der Waals surface area (Å²) in [5, 5.41) is 18.3. The van der Waals surface area contributed by atoms with Crippen molar-refractivity contribution in [1.82, 2.24) is 0 Å². The molecule has 1 aromatic rings. The van der Waals surface area contributed by atoms with E-state index in [1.54, 1.807) is 0 Å². The van der Waals surface area contributed by atoms with Gasteiger partial charge in [-0.1, -0.05) is 0 Å². The number of esters is 2. The first-order valence-corrected chi connectivity index (χ1v) is 7.68. The molecule has 0 saturated carbocycles. The molecule has 8 heteroatoms. The number of ether oxygens (including phenoxy) is 2. The quantitative estimate of drug-likeness (QED) is 0.408. The molecule has 0 amide bonds. The molecule has 0 spiro atoms. The molecule has 0 fully saturated rings. The van der Waals surface area contributed by atoms with Crippen LogP contribution in [-0.2, 0) is 19.1 Å². The normalized spacial score (nSPS) is 12.0. The van der Waals surface area contributed by atoms with Gasteiger partial charge in [0.1, 0.15) is 0 Å². The minimum atomic E-state index is -0.635. The van der Waals surface area contributed by atoms with Gasteiger partial charge in [-0.2, -0.15) is 0 Å². The Morgan fingerprint density at radius 3 is 1.70 bits per heavy atom. The number of nitriles is 2. The summed E-state index contributed by atoms with van der Waals surface area (Å²) in [6.07, 6.45) is 0. The molecule has 0 saturated heterocycles. The number of hydrogen-bond donors (Lipinski definition) is 0. The van der Waals surface area contributed by atoms with Crippen molar-refractivity contribution in [3.8, 4) is 12.1 Å². The van der Waals surface area contributed by atoms with Gasteiger partial charge in [-0.05, 0) is 0 Å². The van der Waals surface area contributed by atoms with Crippen molar-refractivity contribution >= 4 is 47.1 Å². The average molecular weight is 353 g/mol. The fourth-order valence-corrected chi connectivity index (χ4v) is 5.04. The first-order chi connectivity index (χ1) is 9.58. The van der Waals surface area contributed by atoms with Gasteiger partial charge >= 0.3 is 123 Å². The Hall–Kier alpha value is -2.12. The zero-order valence-corrected chi connectivity index (χ0v) is 12.9. The van der Waals surface area contributed by atoms with Gasteiger partial charge in [0.25, 0.3) is 0 Å². The van der Waals surface area contributed by atoms with Crippen LogP contribution in [0.4, 0.5) is 0 Å². The topological polar surface area (TPSA) is 100 Å². The van der Waals surface area contributed by atoms with Crippen LogP contribution in [0, 0.1) is 22.7 Å². The molecule has 0 bridgehead atoms. The third-order valence-electron chi connectivity index (χ3n) is 2.51. The third-order valence-corrected chi connectivity index (χ3v) is 5.76. The molecular weight excluding hydrogens is 347 g/mol. The minimum absolute atomic E-state index is 0.159. The summed E-state index contributed by atoms with van der Waals surface area (Å²) < 4.78 is 10.0. The predicted molar refractivity (Wildman–Crippen MR) is 72.7 cm³/mol. The van der Waals surface area contributed by atoms with E-state index in [0.29, 0.717) is 20.0 Å². The van der Waals surface area contributed by atoms with Crippen molar-refractivity contribution in [2.75, 3.05) is 14.2 Å². The van der Waals surface area contributed by atoms with Crippen molar-refractivity contribution in [1.29, 1.82) is 10.5 Å². The molecule has 20 heavy (non-hydrogen) atoms. The Labute approximate surface area is 123 Å². The van der Waals surface area contributed by atoms with E-state index in [0.717, 1.165) is 10.9 Å². The van der Waals surface area contributed by atoms with Gasteiger partial charge in [-0.25, -0.2) is 0 Å². The third kappa shape index (κ3) is 2.00. The summed E-state index contributed by atoms with van der Waals surface area (Å²) in [7, 11) is 3.31. The Balaban J connectivity index is 2.80. The summed E-state index contributed by atoms with van der Waals surface area (Å²) in [4.78, 5) is 23.9. The molecule has 100 valence electrons. The van der Waals surface area contributed by atoms with Crippen LogP contribution < -0.4 is 0 Å². The van der Waals surface area contributed by atoms with Gasteiger partial charge in [0.2, 0.25) is 0 Å². The Kier molecular flexibility index (Phi) is 3.91. The van der Waals surface area contributed by atoms with Crippen LogP contribution in [0.5, 0.6) is 0 Å². The Morgan fingerprint density at radius 1 is 1.00 bits per heavy atom. The summed E-state index contributed by atoms with van der Waals surface area (Å²) in [6, 6.07) is 3.99. The van der Waals surface area contributed by atoms with Crippen LogP contribution in [0.25, 0.3) is 0 Å². The van der Waals surface area contributed by atoms with Gasteiger partial charge in [-0.15, -0.1) is 0 Å². The van der Waals surface area contributed by atoms with E-state index in [1.165, 1.54) is 14.2 Å². The molecule has 1 aliphatic heterocycles. The Morgan fingerprint density at radius 2 is 1.40 bits per heavy atom. The zero-order chi connectivity index (χ0) is 14.9. The predicted octanol–water partition coefficient (Wildman–Crippen LogP) is -0.379. The van der Waals surface area contributed by atoms with E-state index >= 15 is 0 Å². The molecule has 2 rings (SSSR count). The second-order valence-electron chi connectivity index (χ2n) is 3.48. The molecule has 2 heterocycles. The molecule has 0 aromatic carbocycles. The van der Waals surface area contributed by atoms with E-state index in [2.05, 4.69) is 9.47 Å². The summed E-state index contributed by atoms with van der Waals surface area (Å²) in [5.41, 5.74) is 0.697. The fourth-order valence-electron chi connectivity index (χ4n) is 1.70. The zero-order valence-electron chi connectivity index (χ0n) is 10.3. The molecule has 0 radical (unpaired) electrons. The molecule has 1 aliphatic rings. The first kappa shape index (κ1) is 14.3.